The zero-order valence-electron chi connectivity index (χ0n) is 11.3. The van der Waals surface area contributed by atoms with Crippen LogP contribution in [0.2, 0.25) is 5.02 Å². The summed E-state index contributed by atoms with van der Waals surface area (Å²) in [7, 11) is 0. The number of amides is 2. The molecule has 3 N–H and O–H groups in total. The second kappa shape index (κ2) is 6.91. The standard InChI is InChI=1S/C15H12ClFN2O3/c16-12-7-10(4-5-13(12)17)19-15(21)9-2-1-3-11(6-9)22-8-14(18)20/h1-7H,8H2,(H2,18,20)(H,19,21). The molecule has 0 spiro atoms. The minimum absolute atomic E-state index is 0.0867. The zero-order chi connectivity index (χ0) is 16.1. The molecule has 2 amide bonds. The smallest absolute Gasteiger partial charge is 0.255 e. The SMILES string of the molecule is NC(=O)COc1cccc(C(=O)Nc2ccc(F)c(Cl)c2)c1. The molecule has 0 atom stereocenters. The number of halogens is 2. The Hall–Kier alpha value is -2.60. The summed E-state index contributed by atoms with van der Waals surface area (Å²) in [5.74, 6) is -1.27. The second-order valence-electron chi connectivity index (χ2n) is 4.37. The van der Waals surface area contributed by atoms with E-state index in [0.717, 1.165) is 6.07 Å². The number of hydrogen-bond acceptors (Lipinski definition) is 3. The lowest BCUT2D eigenvalue weighted by molar-refractivity contribution is -0.119. The third-order valence-electron chi connectivity index (χ3n) is 2.65. The van der Waals surface area contributed by atoms with Crippen LogP contribution in [0.3, 0.4) is 0 Å². The van der Waals surface area contributed by atoms with E-state index in [9.17, 15) is 14.0 Å². The molecule has 0 saturated carbocycles. The van der Waals surface area contributed by atoms with Crippen molar-refractivity contribution in [1.82, 2.24) is 0 Å². The van der Waals surface area contributed by atoms with Gasteiger partial charge in [-0.05, 0) is 36.4 Å². The molecule has 2 aromatic rings. The van der Waals surface area contributed by atoms with Gasteiger partial charge in [0, 0.05) is 11.3 Å². The summed E-state index contributed by atoms with van der Waals surface area (Å²) in [6.45, 7) is -0.279. The first-order valence-corrected chi connectivity index (χ1v) is 6.61. The van der Waals surface area contributed by atoms with E-state index in [1.807, 2.05) is 0 Å². The first kappa shape index (κ1) is 15.8. The first-order chi connectivity index (χ1) is 10.5. The quantitative estimate of drug-likeness (QED) is 0.887. The number of hydrogen-bond donors (Lipinski definition) is 2. The Balaban J connectivity index is 2.10. The van der Waals surface area contributed by atoms with Gasteiger partial charge in [-0.15, -0.1) is 0 Å². The van der Waals surface area contributed by atoms with Crippen LogP contribution in [0.25, 0.3) is 0 Å². The molecule has 0 unspecified atom stereocenters. The first-order valence-electron chi connectivity index (χ1n) is 6.23. The molecule has 2 aromatic carbocycles. The summed E-state index contributed by atoms with van der Waals surface area (Å²) in [5.41, 5.74) is 5.65. The minimum Gasteiger partial charge on any atom is -0.484 e. The number of carbonyl (C=O) groups excluding carboxylic acids is 2. The molecule has 114 valence electrons. The van der Waals surface area contributed by atoms with E-state index in [1.54, 1.807) is 18.2 Å². The van der Waals surface area contributed by atoms with Gasteiger partial charge in [0.25, 0.3) is 11.8 Å². The Labute approximate surface area is 130 Å². The molecule has 0 bridgehead atoms. The highest BCUT2D eigenvalue weighted by atomic mass is 35.5. The van der Waals surface area contributed by atoms with Crippen LogP contribution in [-0.4, -0.2) is 18.4 Å². The number of ether oxygens (including phenoxy) is 1. The Morgan fingerprint density at radius 2 is 2.00 bits per heavy atom. The van der Waals surface area contributed by atoms with Crippen molar-refractivity contribution in [1.29, 1.82) is 0 Å². The van der Waals surface area contributed by atoms with Crippen molar-refractivity contribution in [3.63, 3.8) is 0 Å². The highest BCUT2D eigenvalue weighted by Crippen LogP contribution is 2.20. The lowest BCUT2D eigenvalue weighted by Gasteiger charge is -2.08. The third-order valence-corrected chi connectivity index (χ3v) is 2.94. The molecular weight excluding hydrogens is 311 g/mol. The lowest BCUT2D eigenvalue weighted by Crippen LogP contribution is -2.20. The number of rotatable bonds is 5. The number of nitrogens with one attached hydrogen (secondary N) is 1. The predicted molar refractivity (Wildman–Crippen MR) is 80.5 cm³/mol. The van der Waals surface area contributed by atoms with E-state index < -0.39 is 17.6 Å². The van der Waals surface area contributed by atoms with E-state index in [0.29, 0.717) is 17.0 Å². The van der Waals surface area contributed by atoms with Crippen LogP contribution in [0.4, 0.5) is 10.1 Å². The van der Waals surface area contributed by atoms with E-state index in [4.69, 9.17) is 22.1 Å². The summed E-state index contributed by atoms with van der Waals surface area (Å²) in [6, 6.07) is 10.1. The van der Waals surface area contributed by atoms with Crippen LogP contribution in [0.15, 0.2) is 42.5 Å². The van der Waals surface area contributed by atoms with Gasteiger partial charge in [-0.25, -0.2) is 4.39 Å². The molecule has 0 saturated heterocycles. The number of primary amides is 1. The zero-order valence-corrected chi connectivity index (χ0v) is 12.1. The van der Waals surface area contributed by atoms with Gasteiger partial charge in [0.05, 0.1) is 5.02 Å². The Morgan fingerprint density at radius 1 is 1.23 bits per heavy atom. The van der Waals surface area contributed by atoms with Gasteiger partial charge in [0.1, 0.15) is 11.6 Å². The van der Waals surface area contributed by atoms with Crippen molar-refractivity contribution in [3.05, 3.63) is 58.9 Å². The van der Waals surface area contributed by atoms with E-state index >= 15 is 0 Å². The molecule has 7 heteroatoms. The maximum atomic E-state index is 13.1. The fourth-order valence-corrected chi connectivity index (χ4v) is 1.84. The molecular formula is C15H12ClFN2O3. The summed E-state index contributed by atoms with van der Waals surface area (Å²) in [4.78, 5) is 22.8. The molecule has 0 aromatic heterocycles. The number of carbonyl (C=O) groups is 2. The lowest BCUT2D eigenvalue weighted by atomic mass is 10.2. The fraction of sp³-hybridized carbons (Fsp3) is 0.0667. The molecule has 0 fully saturated rings. The molecule has 0 aliphatic carbocycles. The van der Waals surface area contributed by atoms with Crippen LogP contribution in [0.1, 0.15) is 10.4 Å². The highest BCUT2D eigenvalue weighted by Gasteiger charge is 2.09. The van der Waals surface area contributed by atoms with Gasteiger partial charge in [0.15, 0.2) is 6.61 Å². The topological polar surface area (TPSA) is 81.4 Å². The Morgan fingerprint density at radius 3 is 2.68 bits per heavy atom. The van der Waals surface area contributed by atoms with Crippen LogP contribution in [0.5, 0.6) is 5.75 Å². The van der Waals surface area contributed by atoms with Crippen LogP contribution in [0, 0.1) is 5.82 Å². The van der Waals surface area contributed by atoms with E-state index in [2.05, 4.69) is 5.32 Å². The normalized spacial score (nSPS) is 10.1. The maximum Gasteiger partial charge on any atom is 0.255 e. The van der Waals surface area contributed by atoms with Crippen LogP contribution in [-0.2, 0) is 4.79 Å². The van der Waals surface area contributed by atoms with Gasteiger partial charge in [-0.2, -0.15) is 0 Å². The van der Waals surface area contributed by atoms with Crippen molar-refractivity contribution >= 4 is 29.1 Å². The second-order valence-corrected chi connectivity index (χ2v) is 4.77. The number of anilines is 1. The highest BCUT2D eigenvalue weighted by molar-refractivity contribution is 6.31. The van der Waals surface area contributed by atoms with E-state index in [1.165, 1.54) is 18.2 Å². The maximum absolute atomic E-state index is 13.1. The van der Waals surface area contributed by atoms with Crippen molar-refractivity contribution in [2.24, 2.45) is 5.73 Å². The number of nitrogens with two attached hydrogens (primary N) is 1. The monoisotopic (exact) mass is 322 g/mol. The van der Waals surface area contributed by atoms with Gasteiger partial charge < -0.3 is 15.8 Å². The largest absolute Gasteiger partial charge is 0.484 e. The third kappa shape index (κ3) is 4.20. The van der Waals surface area contributed by atoms with Crippen LogP contribution >= 0.6 is 11.6 Å². The minimum atomic E-state index is -0.615. The van der Waals surface area contributed by atoms with Gasteiger partial charge >= 0.3 is 0 Å². The molecule has 0 aliphatic heterocycles. The van der Waals surface area contributed by atoms with Crippen LogP contribution < -0.4 is 15.8 Å². The molecule has 0 radical (unpaired) electrons. The average molecular weight is 323 g/mol. The summed E-state index contributed by atoms with van der Waals surface area (Å²) < 4.78 is 18.2. The summed E-state index contributed by atoms with van der Waals surface area (Å²) >= 11 is 5.65. The summed E-state index contributed by atoms with van der Waals surface area (Å²) in [6.07, 6.45) is 0. The molecule has 0 heterocycles. The van der Waals surface area contributed by atoms with Gasteiger partial charge in [-0.1, -0.05) is 17.7 Å². The summed E-state index contributed by atoms with van der Waals surface area (Å²) in [5, 5.41) is 2.49. The van der Waals surface area contributed by atoms with Crippen molar-refractivity contribution in [2.75, 3.05) is 11.9 Å². The molecule has 22 heavy (non-hydrogen) atoms. The van der Waals surface area contributed by atoms with Gasteiger partial charge in [0.2, 0.25) is 0 Å². The van der Waals surface area contributed by atoms with Crippen molar-refractivity contribution in [2.45, 2.75) is 0 Å². The van der Waals surface area contributed by atoms with Gasteiger partial charge in [-0.3, -0.25) is 9.59 Å². The fourth-order valence-electron chi connectivity index (χ4n) is 1.66. The average Bonchev–Trinajstić information content (AvgIpc) is 2.49. The van der Waals surface area contributed by atoms with E-state index in [-0.39, 0.29) is 11.6 Å². The number of benzene rings is 2. The molecule has 5 nitrogen and oxygen atoms in total. The molecule has 2 rings (SSSR count). The Bertz CT molecular complexity index is 722. The predicted octanol–water partition coefficient (Wildman–Crippen LogP) is 2.60. The van der Waals surface area contributed by atoms with Crippen molar-refractivity contribution < 1.29 is 18.7 Å². The molecule has 0 aliphatic rings. The van der Waals surface area contributed by atoms with Crippen molar-refractivity contribution in [3.8, 4) is 5.75 Å². The Kier molecular flexibility index (Phi) is 4.95.